The quantitative estimate of drug-likeness (QED) is 0.492. The van der Waals surface area contributed by atoms with Crippen LogP contribution in [0.4, 0.5) is 0 Å². The lowest BCUT2D eigenvalue weighted by molar-refractivity contribution is -0.141. The molecule has 3 fully saturated rings. The number of amides is 3. The lowest BCUT2D eigenvalue weighted by Gasteiger charge is -2.28. The van der Waals surface area contributed by atoms with E-state index in [1.807, 2.05) is 6.92 Å². The van der Waals surface area contributed by atoms with Gasteiger partial charge in [0.25, 0.3) is 0 Å². The number of carbonyl (C=O) groups excluding carboxylic acids is 3. The van der Waals surface area contributed by atoms with E-state index in [0.29, 0.717) is 19.0 Å². The number of carbonyl (C=O) groups is 3. The Kier molecular flexibility index (Phi) is 3.51. The minimum absolute atomic E-state index is 0.00114. The highest BCUT2D eigenvalue weighted by Crippen LogP contribution is 2.46. The molecule has 0 spiro atoms. The number of hydrogen-bond acceptors (Lipinski definition) is 4. The maximum atomic E-state index is 11.8. The number of hydrogen-bond donors (Lipinski definition) is 2. The van der Waals surface area contributed by atoms with Crippen molar-refractivity contribution in [2.24, 2.45) is 17.6 Å². The number of primary amides is 1. The van der Waals surface area contributed by atoms with Crippen molar-refractivity contribution in [2.75, 3.05) is 6.54 Å². The fourth-order valence-electron chi connectivity index (χ4n) is 3.16. The summed E-state index contributed by atoms with van der Waals surface area (Å²) in [6, 6.07) is 0.413. The molecule has 2 aliphatic carbocycles. The van der Waals surface area contributed by atoms with E-state index in [0.717, 1.165) is 32.1 Å². The van der Waals surface area contributed by atoms with Crippen molar-refractivity contribution in [2.45, 2.75) is 57.0 Å². The van der Waals surface area contributed by atoms with Gasteiger partial charge >= 0.3 is 0 Å². The number of nitrogens with zero attached hydrogens (tertiary/aromatic N) is 1. The molecule has 3 aliphatic rings. The number of unbranched alkanes of at least 4 members (excludes halogenated alkanes) is 1. The highest BCUT2D eigenvalue weighted by Gasteiger charge is 2.58. The molecular weight excluding hydrogens is 270 g/mol. The van der Waals surface area contributed by atoms with Crippen LogP contribution in [0.15, 0.2) is 0 Å². The summed E-state index contributed by atoms with van der Waals surface area (Å²) in [6.07, 6.45) is 5.09. The Balaban J connectivity index is 1.43. The minimum atomic E-state index is -0.678. The second-order valence-electron chi connectivity index (χ2n) is 6.85. The molecule has 116 valence electrons. The Morgan fingerprint density at radius 1 is 1.29 bits per heavy atom. The monoisotopic (exact) mass is 293 g/mol. The van der Waals surface area contributed by atoms with Crippen molar-refractivity contribution in [3.63, 3.8) is 0 Å². The van der Waals surface area contributed by atoms with Gasteiger partial charge in [-0.15, -0.1) is 0 Å². The van der Waals surface area contributed by atoms with E-state index in [9.17, 15) is 14.4 Å². The van der Waals surface area contributed by atoms with Gasteiger partial charge in [0.05, 0.1) is 17.4 Å². The zero-order valence-corrected chi connectivity index (χ0v) is 12.4. The van der Waals surface area contributed by atoms with Crippen LogP contribution >= 0.6 is 0 Å². The number of likely N-dealkylation sites (tertiary alicyclic amines) is 1. The predicted molar refractivity (Wildman–Crippen MR) is 75.9 cm³/mol. The summed E-state index contributed by atoms with van der Waals surface area (Å²) in [5.41, 5.74) is 4.82. The van der Waals surface area contributed by atoms with Gasteiger partial charge in [0.1, 0.15) is 0 Å². The fraction of sp³-hybridized carbons (Fsp3) is 0.800. The number of imide groups is 1. The molecule has 3 rings (SSSR count). The van der Waals surface area contributed by atoms with E-state index in [2.05, 4.69) is 5.32 Å². The van der Waals surface area contributed by atoms with Gasteiger partial charge in [-0.25, -0.2) is 0 Å². The fourth-order valence-corrected chi connectivity index (χ4v) is 3.16. The van der Waals surface area contributed by atoms with E-state index in [1.54, 1.807) is 0 Å². The van der Waals surface area contributed by atoms with Crippen molar-refractivity contribution < 1.29 is 14.4 Å². The van der Waals surface area contributed by atoms with Gasteiger partial charge in [-0.2, -0.15) is 0 Å². The second-order valence-corrected chi connectivity index (χ2v) is 6.85. The van der Waals surface area contributed by atoms with Crippen LogP contribution in [-0.2, 0) is 14.4 Å². The highest BCUT2D eigenvalue weighted by atomic mass is 16.2. The molecule has 0 aromatic rings. The van der Waals surface area contributed by atoms with Gasteiger partial charge in [0.15, 0.2) is 0 Å². The first-order valence-corrected chi connectivity index (χ1v) is 7.85. The molecule has 3 atom stereocenters. The molecule has 3 unspecified atom stereocenters. The summed E-state index contributed by atoms with van der Waals surface area (Å²) in [7, 11) is 0. The molecule has 0 aromatic carbocycles. The molecule has 3 amide bonds. The zero-order chi connectivity index (χ0) is 15.2. The van der Waals surface area contributed by atoms with E-state index in [1.165, 1.54) is 4.90 Å². The third-order valence-electron chi connectivity index (χ3n) is 4.91. The average molecular weight is 293 g/mol. The van der Waals surface area contributed by atoms with Crippen LogP contribution in [0.3, 0.4) is 0 Å². The SMILES string of the molecule is CC(CCCCN1C(=O)C2CC2C1=O)(NC1CC1)C(N)=O. The highest BCUT2D eigenvalue weighted by molar-refractivity contribution is 6.08. The topological polar surface area (TPSA) is 92.5 Å². The second kappa shape index (κ2) is 5.09. The van der Waals surface area contributed by atoms with Crippen LogP contribution in [0.25, 0.3) is 0 Å². The van der Waals surface area contributed by atoms with Crippen LogP contribution in [0.2, 0.25) is 0 Å². The number of nitrogens with one attached hydrogen (secondary N) is 1. The van der Waals surface area contributed by atoms with Gasteiger partial charge in [0.2, 0.25) is 17.7 Å². The maximum Gasteiger partial charge on any atom is 0.237 e. The zero-order valence-electron chi connectivity index (χ0n) is 12.4. The van der Waals surface area contributed by atoms with E-state index >= 15 is 0 Å². The van der Waals surface area contributed by atoms with Crippen LogP contribution in [0.1, 0.15) is 45.4 Å². The van der Waals surface area contributed by atoms with E-state index < -0.39 is 5.54 Å². The first-order chi connectivity index (χ1) is 9.92. The van der Waals surface area contributed by atoms with Crippen LogP contribution < -0.4 is 11.1 Å². The molecule has 0 radical (unpaired) electrons. The lowest BCUT2D eigenvalue weighted by Crippen LogP contribution is -2.54. The molecule has 1 saturated heterocycles. The summed E-state index contributed by atoms with van der Waals surface area (Å²) in [4.78, 5) is 36.7. The summed E-state index contributed by atoms with van der Waals surface area (Å²) in [6.45, 7) is 2.32. The maximum absolute atomic E-state index is 11.8. The minimum Gasteiger partial charge on any atom is -0.368 e. The normalized spacial score (nSPS) is 30.2. The molecule has 6 nitrogen and oxygen atoms in total. The molecule has 1 heterocycles. The molecule has 3 N–H and O–H groups in total. The summed E-state index contributed by atoms with van der Waals surface area (Å²) in [5, 5.41) is 3.30. The molecule has 2 saturated carbocycles. The average Bonchev–Trinajstić information content (AvgIpc) is 3.30. The van der Waals surface area contributed by atoms with Crippen molar-refractivity contribution in [3.05, 3.63) is 0 Å². The third-order valence-corrected chi connectivity index (χ3v) is 4.91. The number of nitrogens with two attached hydrogens (primary N) is 1. The number of rotatable bonds is 8. The van der Waals surface area contributed by atoms with Gasteiger partial charge in [-0.3, -0.25) is 19.3 Å². The van der Waals surface area contributed by atoms with E-state index in [4.69, 9.17) is 5.73 Å². The molecule has 6 heteroatoms. The lowest BCUT2D eigenvalue weighted by atomic mass is 9.93. The van der Waals surface area contributed by atoms with Crippen molar-refractivity contribution in [3.8, 4) is 0 Å². The largest absolute Gasteiger partial charge is 0.368 e. The van der Waals surface area contributed by atoms with Crippen LogP contribution in [-0.4, -0.2) is 40.7 Å². The summed E-state index contributed by atoms with van der Waals surface area (Å²) in [5.74, 6) is -0.378. The first-order valence-electron chi connectivity index (χ1n) is 7.85. The summed E-state index contributed by atoms with van der Waals surface area (Å²) < 4.78 is 0. The Hall–Kier alpha value is -1.43. The molecular formula is C15H23N3O3. The van der Waals surface area contributed by atoms with Gasteiger partial charge in [-0.1, -0.05) is 0 Å². The number of piperidine rings is 1. The van der Waals surface area contributed by atoms with Crippen LogP contribution in [0.5, 0.6) is 0 Å². The standard InChI is InChI=1S/C15H23N3O3/c1-15(14(16)21,17-9-4-5-9)6-2-3-7-18-12(19)10-8-11(10)13(18)20/h9-11,17H,2-8H2,1H3,(H2,16,21). The number of fused-ring (bicyclic) bond motifs is 1. The van der Waals surface area contributed by atoms with Crippen molar-refractivity contribution in [1.82, 2.24) is 10.2 Å². The Labute approximate surface area is 124 Å². The smallest absolute Gasteiger partial charge is 0.237 e. The van der Waals surface area contributed by atoms with Crippen molar-refractivity contribution >= 4 is 17.7 Å². The van der Waals surface area contributed by atoms with Gasteiger partial charge in [0, 0.05) is 12.6 Å². The first kappa shape index (κ1) is 14.5. The van der Waals surface area contributed by atoms with E-state index in [-0.39, 0.29) is 29.6 Å². The molecule has 0 aromatic heterocycles. The molecule has 1 aliphatic heterocycles. The Bertz CT molecular complexity index is 469. The van der Waals surface area contributed by atoms with Gasteiger partial charge in [-0.05, 0) is 45.4 Å². The Morgan fingerprint density at radius 3 is 2.43 bits per heavy atom. The predicted octanol–water partition coefficient (Wildman–Crippen LogP) is 0.158. The van der Waals surface area contributed by atoms with Gasteiger partial charge < -0.3 is 11.1 Å². The van der Waals surface area contributed by atoms with Crippen LogP contribution in [0, 0.1) is 11.8 Å². The summed E-state index contributed by atoms with van der Waals surface area (Å²) >= 11 is 0. The molecule has 0 bridgehead atoms. The van der Waals surface area contributed by atoms with Crippen molar-refractivity contribution in [1.29, 1.82) is 0 Å². The third kappa shape index (κ3) is 2.81. The Morgan fingerprint density at radius 2 is 1.90 bits per heavy atom. The molecule has 21 heavy (non-hydrogen) atoms.